The predicted molar refractivity (Wildman–Crippen MR) is 104 cm³/mol. The third-order valence-electron chi connectivity index (χ3n) is 3.59. The molecule has 0 unspecified atom stereocenters. The quantitative estimate of drug-likeness (QED) is 0.768. The Morgan fingerprint density at radius 3 is 2.42 bits per heavy atom. The van der Waals surface area contributed by atoms with Crippen LogP contribution in [0.15, 0.2) is 48.5 Å². The summed E-state index contributed by atoms with van der Waals surface area (Å²) in [6, 6.07) is 14.0. The van der Waals surface area contributed by atoms with Gasteiger partial charge in [0.25, 0.3) is 0 Å². The zero-order valence-corrected chi connectivity index (χ0v) is 16.0. The Labute approximate surface area is 154 Å². The number of ether oxygens (including phenoxy) is 1. The summed E-state index contributed by atoms with van der Waals surface area (Å²) in [5.74, 6) is 0.251. The molecule has 6 nitrogen and oxygen atoms in total. The van der Waals surface area contributed by atoms with Gasteiger partial charge in [0.15, 0.2) is 0 Å². The molecule has 140 valence electrons. The lowest BCUT2D eigenvalue weighted by atomic mass is 10.2. The Morgan fingerprint density at radius 2 is 1.85 bits per heavy atom. The van der Waals surface area contributed by atoms with E-state index in [2.05, 4.69) is 5.32 Å². The first-order valence-electron chi connectivity index (χ1n) is 8.36. The topological polar surface area (TPSA) is 75.7 Å². The molecule has 0 aliphatic rings. The minimum Gasteiger partial charge on any atom is -0.494 e. The number of hydrogen-bond donors (Lipinski definition) is 1. The van der Waals surface area contributed by atoms with Crippen LogP contribution in [0.4, 0.5) is 11.4 Å². The van der Waals surface area contributed by atoms with Gasteiger partial charge in [-0.1, -0.05) is 19.1 Å². The van der Waals surface area contributed by atoms with Crippen LogP contribution in [0, 0.1) is 6.92 Å². The highest BCUT2D eigenvalue weighted by Crippen LogP contribution is 2.22. The highest BCUT2D eigenvalue weighted by molar-refractivity contribution is 7.92. The van der Waals surface area contributed by atoms with Gasteiger partial charge in [0, 0.05) is 5.69 Å². The van der Waals surface area contributed by atoms with Crippen molar-refractivity contribution in [2.24, 2.45) is 0 Å². The Hall–Kier alpha value is -2.54. The monoisotopic (exact) mass is 376 g/mol. The first-order chi connectivity index (χ1) is 12.3. The number of hydrogen-bond acceptors (Lipinski definition) is 4. The van der Waals surface area contributed by atoms with Gasteiger partial charge < -0.3 is 10.1 Å². The number of aryl methyl sites for hydroxylation is 1. The molecule has 2 aromatic rings. The van der Waals surface area contributed by atoms with Crippen LogP contribution in [-0.2, 0) is 14.8 Å². The van der Waals surface area contributed by atoms with Crippen LogP contribution in [0.3, 0.4) is 0 Å². The van der Waals surface area contributed by atoms with E-state index < -0.39 is 15.9 Å². The summed E-state index contributed by atoms with van der Waals surface area (Å²) in [7, 11) is -3.61. The highest BCUT2D eigenvalue weighted by atomic mass is 32.2. The van der Waals surface area contributed by atoms with Gasteiger partial charge in [-0.05, 0) is 55.3 Å². The minimum atomic E-state index is -3.61. The van der Waals surface area contributed by atoms with Gasteiger partial charge in [0.2, 0.25) is 15.9 Å². The van der Waals surface area contributed by atoms with Crippen molar-refractivity contribution in [2.75, 3.05) is 29.0 Å². The van der Waals surface area contributed by atoms with E-state index >= 15 is 0 Å². The molecule has 0 heterocycles. The number of nitrogens with zero attached hydrogens (tertiary/aromatic N) is 1. The van der Waals surface area contributed by atoms with E-state index in [9.17, 15) is 13.2 Å². The zero-order chi connectivity index (χ0) is 19.2. The molecule has 0 spiro atoms. The van der Waals surface area contributed by atoms with Gasteiger partial charge in [-0.2, -0.15) is 0 Å². The van der Waals surface area contributed by atoms with Gasteiger partial charge in [-0.3, -0.25) is 9.10 Å². The number of anilines is 2. The summed E-state index contributed by atoms with van der Waals surface area (Å²) in [6.07, 6.45) is 1.96. The van der Waals surface area contributed by atoms with Crippen LogP contribution >= 0.6 is 0 Å². The van der Waals surface area contributed by atoms with E-state index in [0.29, 0.717) is 23.7 Å². The van der Waals surface area contributed by atoms with Crippen LogP contribution < -0.4 is 14.4 Å². The maximum absolute atomic E-state index is 12.3. The molecule has 0 fully saturated rings. The fraction of sp³-hybridized carbons (Fsp3) is 0.316. The van der Waals surface area contributed by atoms with E-state index in [1.165, 1.54) is 0 Å². The number of rotatable bonds is 8. The van der Waals surface area contributed by atoms with Crippen LogP contribution in [0.5, 0.6) is 5.75 Å². The Balaban J connectivity index is 2.13. The first-order valence-corrected chi connectivity index (χ1v) is 10.2. The van der Waals surface area contributed by atoms with E-state index in [0.717, 1.165) is 22.5 Å². The summed E-state index contributed by atoms with van der Waals surface area (Å²) in [6.45, 7) is 4.21. The zero-order valence-electron chi connectivity index (χ0n) is 15.2. The van der Waals surface area contributed by atoms with E-state index in [-0.39, 0.29) is 6.54 Å². The van der Waals surface area contributed by atoms with Crippen LogP contribution in [0.25, 0.3) is 0 Å². The van der Waals surface area contributed by atoms with Crippen molar-refractivity contribution >= 4 is 27.3 Å². The lowest BCUT2D eigenvalue weighted by Gasteiger charge is -2.22. The van der Waals surface area contributed by atoms with Gasteiger partial charge in [-0.15, -0.1) is 0 Å². The van der Waals surface area contributed by atoms with Gasteiger partial charge in [-0.25, -0.2) is 8.42 Å². The highest BCUT2D eigenvalue weighted by Gasteiger charge is 2.21. The molecule has 1 amide bonds. The van der Waals surface area contributed by atoms with Crippen molar-refractivity contribution in [1.82, 2.24) is 0 Å². The molecule has 0 bridgehead atoms. The Bertz CT molecular complexity index is 848. The summed E-state index contributed by atoms with van der Waals surface area (Å²) in [5, 5.41) is 2.72. The maximum atomic E-state index is 12.3. The molecular weight excluding hydrogens is 352 g/mol. The van der Waals surface area contributed by atoms with Gasteiger partial charge in [0.1, 0.15) is 12.3 Å². The van der Waals surface area contributed by atoms with Crippen molar-refractivity contribution < 1.29 is 17.9 Å². The fourth-order valence-electron chi connectivity index (χ4n) is 2.38. The third-order valence-corrected chi connectivity index (χ3v) is 4.73. The lowest BCUT2D eigenvalue weighted by Crippen LogP contribution is -2.37. The van der Waals surface area contributed by atoms with Crippen LogP contribution in [0.2, 0.25) is 0 Å². The number of benzene rings is 2. The minimum absolute atomic E-state index is 0.304. The molecule has 2 rings (SSSR count). The molecule has 1 N–H and O–H groups in total. The third kappa shape index (κ3) is 5.77. The molecule has 26 heavy (non-hydrogen) atoms. The van der Waals surface area contributed by atoms with Gasteiger partial charge in [0.05, 0.1) is 18.6 Å². The Morgan fingerprint density at radius 1 is 1.15 bits per heavy atom. The van der Waals surface area contributed by atoms with Gasteiger partial charge >= 0.3 is 0 Å². The summed E-state index contributed by atoms with van der Waals surface area (Å²) in [5.41, 5.74) is 2.05. The largest absolute Gasteiger partial charge is 0.494 e. The van der Waals surface area contributed by atoms with Crippen molar-refractivity contribution in [2.45, 2.75) is 20.3 Å². The predicted octanol–water partition coefficient (Wildman–Crippen LogP) is 3.19. The smallest absolute Gasteiger partial charge is 0.245 e. The van der Waals surface area contributed by atoms with Crippen molar-refractivity contribution in [3.8, 4) is 5.75 Å². The molecule has 7 heteroatoms. The normalized spacial score (nSPS) is 11.0. The summed E-state index contributed by atoms with van der Waals surface area (Å²) in [4.78, 5) is 12.3. The number of carbonyl (C=O) groups excluding carboxylic acids is 1. The maximum Gasteiger partial charge on any atom is 0.245 e. The molecule has 0 saturated heterocycles. The number of carbonyl (C=O) groups is 1. The average Bonchev–Trinajstić information content (AvgIpc) is 2.57. The van der Waals surface area contributed by atoms with Crippen LogP contribution in [-0.4, -0.2) is 33.7 Å². The van der Waals surface area contributed by atoms with E-state index in [4.69, 9.17) is 4.74 Å². The number of nitrogens with one attached hydrogen (secondary N) is 1. The fourth-order valence-corrected chi connectivity index (χ4v) is 3.24. The molecule has 0 atom stereocenters. The SMILES string of the molecule is CCCOc1ccc(N(CC(=O)Nc2cccc(C)c2)S(C)(=O)=O)cc1. The van der Waals surface area contributed by atoms with Crippen LogP contribution in [0.1, 0.15) is 18.9 Å². The summed E-state index contributed by atoms with van der Waals surface area (Å²) < 4.78 is 30.9. The molecule has 0 radical (unpaired) electrons. The lowest BCUT2D eigenvalue weighted by molar-refractivity contribution is -0.114. The number of sulfonamides is 1. The standard InChI is InChI=1S/C19H24N2O4S/c1-4-12-25-18-10-8-17(9-11-18)21(26(3,23)24)14-19(22)20-16-7-5-6-15(2)13-16/h5-11,13H,4,12,14H2,1-3H3,(H,20,22). The first kappa shape index (κ1) is 19.8. The number of amides is 1. The second kappa shape index (κ2) is 8.71. The second-order valence-electron chi connectivity index (χ2n) is 6.03. The van der Waals surface area contributed by atoms with Crippen molar-refractivity contribution in [3.05, 3.63) is 54.1 Å². The Kier molecular flexibility index (Phi) is 6.63. The molecule has 0 aliphatic heterocycles. The van der Waals surface area contributed by atoms with E-state index in [1.807, 2.05) is 32.0 Å². The molecule has 2 aromatic carbocycles. The second-order valence-corrected chi connectivity index (χ2v) is 7.94. The van der Waals surface area contributed by atoms with E-state index in [1.54, 1.807) is 30.3 Å². The molecule has 0 aliphatic carbocycles. The average molecular weight is 376 g/mol. The molecule has 0 saturated carbocycles. The van der Waals surface area contributed by atoms with Crippen molar-refractivity contribution in [1.29, 1.82) is 0 Å². The van der Waals surface area contributed by atoms with Crippen molar-refractivity contribution in [3.63, 3.8) is 0 Å². The molecule has 0 aromatic heterocycles. The summed E-state index contributed by atoms with van der Waals surface area (Å²) >= 11 is 0. The molecular formula is C19H24N2O4S.